The quantitative estimate of drug-likeness (QED) is 0.239. The summed E-state index contributed by atoms with van der Waals surface area (Å²) in [7, 11) is 0. The van der Waals surface area contributed by atoms with E-state index in [9.17, 15) is 23.2 Å². The van der Waals surface area contributed by atoms with Gasteiger partial charge in [0.15, 0.2) is 27.5 Å². The van der Waals surface area contributed by atoms with Crippen LogP contribution in [-0.4, -0.2) is 20.5 Å². The molecule has 0 fully saturated rings. The first-order valence-corrected chi connectivity index (χ1v) is 14.0. The van der Waals surface area contributed by atoms with Gasteiger partial charge in [0.1, 0.15) is 16.8 Å². The van der Waals surface area contributed by atoms with Crippen molar-refractivity contribution in [2.75, 3.05) is 5.32 Å². The topological polar surface area (TPSA) is 96.2 Å². The lowest BCUT2D eigenvalue weighted by molar-refractivity contribution is -0.142. The molecular weight excluding hydrogens is 651 g/mol. The molecule has 4 aromatic heterocycles. The van der Waals surface area contributed by atoms with Gasteiger partial charge in [0.25, 0.3) is 5.91 Å². The van der Waals surface area contributed by atoms with Crippen LogP contribution in [0.15, 0.2) is 31.8 Å². The number of thiophene rings is 1. The Hall–Kier alpha value is -2.69. The minimum absolute atomic E-state index is 0.0133. The molecule has 4 heterocycles. The third kappa shape index (κ3) is 4.78. The van der Waals surface area contributed by atoms with Crippen LogP contribution >= 0.6 is 43.2 Å². The molecule has 0 bridgehead atoms. The highest BCUT2D eigenvalue weighted by Gasteiger charge is 2.37. The van der Waals surface area contributed by atoms with E-state index in [0.29, 0.717) is 25.7 Å². The number of alkyl halides is 3. The first-order valence-electron chi connectivity index (χ1n) is 11.6. The zero-order chi connectivity index (χ0) is 27.6. The number of rotatable bonds is 3. The number of nitrogens with one attached hydrogen (secondary N) is 1. The molecule has 1 aliphatic rings. The first kappa shape index (κ1) is 26.9. The summed E-state index contributed by atoms with van der Waals surface area (Å²) in [4.78, 5) is 18.6. The number of nitriles is 1. The Labute approximate surface area is 236 Å². The summed E-state index contributed by atoms with van der Waals surface area (Å²) in [6.45, 7) is 6.55. The SMILES string of the molecule is CC(C)(C)C1CCc2c(sc(NC(=O)c3nn4c(C(F)(F)F)cc(-c5ccc(Br)o5)nc4c3Br)c2C#N)C1. The molecule has 1 amide bonds. The average molecular weight is 671 g/mol. The second-order valence-corrected chi connectivity index (χ2v) is 12.8. The lowest BCUT2D eigenvalue weighted by atomic mass is 9.72. The molecule has 13 heteroatoms. The molecule has 0 aromatic carbocycles. The predicted molar refractivity (Wildman–Crippen MR) is 143 cm³/mol. The summed E-state index contributed by atoms with van der Waals surface area (Å²) >= 11 is 7.69. The number of halogens is 5. The molecule has 38 heavy (non-hydrogen) atoms. The lowest BCUT2D eigenvalue weighted by Gasteiger charge is -2.33. The molecule has 0 aliphatic heterocycles. The monoisotopic (exact) mass is 669 g/mol. The van der Waals surface area contributed by atoms with E-state index in [1.54, 1.807) is 0 Å². The molecule has 1 atom stereocenters. The fraction of sp³-hybridized carbons (Fsp3) is 0.360. The molecule has 0 radical (unpaired) electrons. The van der Waals surface area contributed by atoms with Crippen molar-refractivity contribution < 1.29 is 22.4 Å². The van der Waals surface area contributed by atoms with E-state index in [1.807, 2.05) is 0 Å². The number of fused-ring (bicyclic) bond motifs is 2. The highest BCUT2D eigenvalue weighted by atomic mass is 79.9. The van der Waals surface area contributed by atoms with Crippen molar-refractivity contribution in [3.05, 3.63) is 54.7 Å². The van der Waals surface area contributed by atoms with Gasteiger partial charge in [-0.2, -0.15) is 23.5 Å². The van der Waals surface area contributed by atoms with Crippen LogP contribution in [0.5, 0.6) is 0 Å². The Morgan fingerprint density at radius 1 is 1.29 bits per heavy atom. The van der Waals surface area contributed by atoms with Gasteiger partial charge < -0.3 is 9.73 Å². The zero-order valence-electron chi connectivity index (χ0n) is 20.3. The standard InChI is InChI=1S/C25H20Br2F3N5O2S/c1-24(2,3)11-4-5-12-13(10-31)23(38-16(12)8-11)33-22(36)20-19(27)21-32-14(15-6-7-18(26)37-15)9-17(25(28,29)30)35(21)34-20/h6-7,9,11H,4-5,8H2,1-3H3,(H,33,36). The number of hydrogen-bond donors (Lipinski definition) is 1. The van der Waals surface area contributed by atoms with Gasteiger partial charge in [-0.15, -0.1) is 11.3 Å². The second-order valence-electron chi connectivity index (χ2n) is 10.1. The van der Waals surface area contributed by atoms with Gasteiger partial charge in [-0.05, 0) is 86.2 Å². The number of anilines is 1. The Bertz CT molecular complexity index is 1620. The van der Waals surface area contributed by atoms with Gasteiger partial charge in [-0.1, -0.05) is 20.8 Å². The number of nitrogens with zero attached hydrogens (tertiary/aromatic N) is 4. The molecule has 4 aromatic rings. The molecule has 1 unspecified atom stereocenters. The van der Waals surface area contributed by atoms with E-state index in [1.165, 1.54) is 23.5 Å². The molecule has 1 N–H and O–H groups in total. The Kier molecular flexibility index (Phi) is 6.72. The van der Waals surface area contributed by atoms with Crippen LogP contribution < -0.4 is 5.32 Å². The van der Waals surface area contributed by atoms with Gasteiger partial charge >= 0.3 is 6.18 Å². The van der Waals surface area contributed by atoms with Crippen LogP contribution in [-0.2, 0) is 19.0 Å². The van der Waals surface area contributed by atoms with Crippen molar-refractivity contribution in [3.8, 4) is 17.5 Å². The third-order valence-corrected chi connectivity index (χ3v) is 9.02. The van der Waals surface area contributed by atoms with E-state index >= 15 is 0 Å². The van der Waals surface area contributed by atoms with Crippen molar-refractivity contribution in [1.29, 1.82) is 5.26 Å². The number of furan rings is 1. The number of carbonyl (C=O) groups excluding carboxylic acids is 1. The van der Waals surface area contributed by atoms with E-state index in [-0.39, 0.29) is 32.7 Å². The number of aromatic nitrogens is 3. The lowest BCUT2D eigenvalue weighted by Crippen LogP contribution is -2.26. The Morgan fingerprint density at radius 3 is 2.63 bits per heavy atom. The third-order valence-electron chi connectivity index (χ3n) is 6.69. The highest BCUT2D eigenvalue weighted by molar-refractivity contribution is 9.10. The van der Waals surface area contributed by atoms with Gasteiger partial charge in [0.2, 0.25) is 0 Å². The van der Waals surface area contributed by atoms with Crippen LogP contribution in [0.3, 0.4) is 0 Å². The largest absolute Gasteiger partial charge is 0.448 e. The molecule has 5 rings (SSSR count). The molecule has 0 spiro atoms. The smallest absolute Gasteiger partial charge is 0.433 e. The van der Waals surface area contributed by atoms with E-state index in [0.717, 1.165) is 35.8 Å². The van der Waals surface area contributed by atoms with Crippen molar-refractivity contribution in [3.63, 3.8) is 0 Å². The average Bonchev–Trinajstić information content (AvgIpc) is 3.51. The summed E-state index contributed by atoms with van der Waals surface area (Å²) in [6, 6.07) is 6.02. The van der Waals surface area contributed by atoms with Gasteiger partial charge in [-0.3, -0.25) is 4.79 Å². The van der Waals surface area contributed by atoms with Crippen molar-refractivity contribution in [1.82, 2.24) is 14.6 Å². The molecule has 7 nitrogen and oxygen atoms in total. The number of amides is 1. The fourth-order valence-corrected chi connectivity index (χ4v) is 6.71. The Morgan fingerprint density at radius 2 is 2.03 bits per heavy atom. The van der Waals surface area contributed by atoms with Crippen LogP contribution in [0.4, 0.5) is 18.2 Å². The van der Waals surface area contributed by atoms with Crippen LogP contribution in [0, 0.1) is 22.7 Å². The van der Waals surface area contributed by atoms with Crippen molar-refractivity contribution >= 4 is 59.8 Å². The van der Waals surface area contributed by atoms with E-state index < -0.39 is 17.8 Å². The molecule has 0 saturated heterocycles. The summed E-state index contributed by atoms with van der Waals surface area (Å²) in [5, 5.41) is 16.9. The molecule has 0 saturated carbocycles. The van der Waals surface area contributed by atoms with Crippen LogP contribution in [0.2, 0.25) is 0 Å². The Balaban J connectivity index is 1.54. The maximum atomic E-state index is 14.0. The van der Waals surface area contributed by atoms with Crippen LogP contribution in [0.1, 0.15) is 59.4 Å². The highest BCUT2D eigenvalue weighted by Crippen LogP contribution is 2.44. The molecular formula is C25H20Br2F3N5O2S. The normalized spacial score (nSPS) is 15.9. The van der Waals surface area contributed by atoms with E-state index in [4.69, 9.17) is 4.42 Å². The second kappa shape index (κ2) is 9.50. The van der Waals surface area contributed by atoms with Crippen LogP contribution in [0.25, 0.3) is 17.1 Å². The zero-order valence-corrected chi connectivity index (χ0v) is 24.3. The maximum absolute atomic E-state index is 14.0. The number of hydrogen-bond acceptors (Lipinski definition) is 6. The summed E-state index contributed by atoms with van der Waals surface area (Å²) in [5.74, 6) is -0.201. The maximum Gasteiger partial charge on any atom is 0.433 e. The molecule has 1 aliphatic carbocycles. The summed E-state index contributed by atoms with van der Waals surface area (Å²) in [6.07, 6.45) is -2.32. The summed E-state index contributed by atoms with van der Waals surface area (Å²) in [5.41, 5.74) is -0.262. The van der Waals surface area contributed by atoms with Crippen molar-refractivity contribution in [2.24, 2.45) is 11.3 Å². The molecule has 198 valence electrons. The fourth-order valence-electron chi connectivity index (χ4n) is 4.61. The number of carbonyl (C=O) groups is 1. The van der Waals surface area contributed by atoms with Gasteiger partial charge in [0.05, 0.1) is 10.0 Å². The minimum Gasteiger partial charge on any atom is -0.448 e. The van der Waals surface area contributed by atoms with Gasteiger partial charge in [-0.25, -0.2) is 9.50 Å². The first-order chi connectivity index (χ1) is 17.8. The predicted octanol–water partition coefficient (Wildman–Crippen LogP) is 7.87. The summed E-state index contributed by atoms with van der Waals surface area (Å²) < 4.78 is 48.2. The van der Waals surface area contributed by atoms with Crippen molar-refractivity contribution in [2.45, 2.75) is 46.2 Å². The van der Waals surface area contributed by atoms with E-state index in [2.05, 4.69) is 74.1 Å². The minimum atomic E-state index is -4.79. The van der Waals surface area contributed by atoms with Gasteiger partial charge in [0, 0.05) is 4.88 Å².